The molecule has 0 aromatic rings. The van der Waals surface area contributed by atoms with Gasteiger partial charge in [0.15, 0.2) is 0 Å². The minimum atomic E-state index is 0.555. The Morgan fingerprint density at radius 3 is 1.69 bits per heavy atom. The lowest BCUT2D eigenvalue weighted by atomic mass is 9.81. The Labute approximate surface area is 102 Å². The van der Waals surface area contributed by atoms with Crippen LogP contribution >= 0.6 is 0 Å². The molecule has 0 saturated heterocycles. The maximum Gasteiger partial charge on any atom is -0.00159 e. The predicted octanol–water partition coefficient (Wildman–Crippen LogP) is 5.53. The Morgan fingerprint density at radius 2 is 1.38 bits per heavy atom. The van der Waals surface area contributed by atoms with Gasteiger partial charge in [0.05, 0.1) is 0 Å². The number of allylic oxidation sites excluding steroid dienone is 6. The molecule has 0 amide bonds. The molecule has 0 fully saturated rings. The fourth-order valence-corrected chi connectivity index (χ4v) is 2.20. The quantitative estimate of drug-likeness (QED) is 0.432. The van der Waals surface area contributed by atoms with E-state index in [1.54, 1.807) is 5.57 Å². The van der Waals surface area contributed by atoms with E-state index in [1.165, 1.54) is 16.7 Å². The van der Waals surface area contributed by atoms with Crippen molar-refractivity contribution in [2.75, 3.05) is 0 Å². The zero-order valence-electron chi connectivity index (χ0n) is 12.3. The predicted molar refractivity (Wildman–Crippen MR) is 75.6 cm³/mol. The van der Waals surface area contributed by atoms with Crippen molar-refractivity contribution in [3.63, 3.8) is 0 Å². The van der Waals surface area contributed by atoms with E-state index in [1.807, 2.05) is 0 Å². The van der Waals surface area contributed by atoms with Crippen molar-refractivity contribution >= 4 is 0 Å². The summed E-state index contributed by atoms with van der Waals surface area (Å²) in [6.45, 7) is 17.8. The highest BCUT2D eigenvalue weighted by Gasteiger charge is 2.16. The zero-order valence-corrected chi connectivity index (χ0v) is 12.3. The average molecular weight is 220 g/mol. The summed E-state index contributed by atoms with van der Waals surface area (Å²) in [5.41, 5.74) is 5.91. The van der Waals surface area contributed by atoms with Gasteiger partial charge in [-0.2, -0.15) is 0 Å². The van der Waals surface area contributed by atoms with Crippen LogP contribution in [0.25, 0.3) is 0 Å². The van der Waals surface area contributed by atoms with Crippen LogP contribution in [-0.2, 0) is 0 Å². The molecule has 0 nitrogen and oxygen atoms in total. The molecule has 0 heterocycles. The van der Waals surface area contributed by atoms with Gasteiger partial charge in [0.1, 0.15) is 0 Å². The third-order valence-electron chi connectivity index (χ3n) is 3.68. The fraction of sp³-hybridized carbons (Fsp3) is 0.625. The van der Waals surface area contributed by atoms with E-state index in [2.05, 4.69) is 67.5 Å². The van der Waals surface area contributed by atoms with Gasteiger partial charge in [0.25, 0.3) is 0 Å². The molecule has 1 unspecified atom stereocenters. The Balaban J connectivity index is 5.49. The van der Waals surface area contributed by atoms with Gasteiger partial charge in [-0.25, -0.2) is 0 Å². The van der Waals surface area contributed by atoms with Crippen LogP contribution in [0.4, 0.5) is 0 Å². The fourth-order valence-electron chi connectivity index (χ4n) is 2.20. The minimum Gasteiger partial charge on any atom is -0.0881 e. The maximum absolute atomic E-state index is 2.32. The molecular formula is C16H28. The topological polar surface area (TPSA) is 0 Å². The second-order valence-corrected chi connectivity index (χ2v) is 4.96. The van der Waals surface area contributed by atoms with Gasteiger partial charge in [-0.15, -0.1) is 0 Å². The van der Waals surface area contributed by atoms with Gasteiger partial charge in [-0.1, -0.05) is 49.6 Å². The highest BCUT2D eigenvalue weighted by atomic mass is 14.2. The Hall–Kier alpha value is -0.780. The van der Waals surface area contributed by atoms with Gasteiger partial charge < -0.3 is 0 Å². The first-order valence-corrected chi connectivity index (χ1v) is 6.33. The lowest BCUT2D eigenvalue weighted by Crippen LogP contribution is -2.10. The second-order valence-electron chi connectivity index (χ2n) is 4.96. The molecule has 0 aliphatic heterocycles. The van der Waals surface area contributed by atoms with Crippen molar-refractivity contribution in [2.24, 2.45) is 11.8 Å². The van der Waals surface area contributed by atoms with Crippen molar-refractivity contribution < 1.29 is 0 Å². The third kappa shape index (κ3) is 3.66. The summed E-state index contributed by atoms with van der Waals surface area (Å²) in [5, 5.41) is 0. The third-order valence-corrected chi connectivity index (χ3v) is 3.68. The van der Waals surface area contributed by atoms with Crippen LogP contribution in [0.2, 0.25) is 0 Å². The van der Waals surface area contributed by atoms with E-state index in [0.29, 0.717) is 11.8 Å². The lowest BCUT2D eigenvalue weighted by molar-refractivity contribution is 0.632. The highest BCUT2D eigenvalue weighted by molar-refractivity contribution is 5.36. The van der Waals surface area contributed by atoms with Crippen molar-refractivity contribution in [3.8, 4) is 0 Å². The summed E-state index contributed by atoms with van der Waals surface area (Å²) >= 11 is 0. The Kier molecular flexibility index (Phi) is 6.40. The first-order chi connectivity index (χ1) is 7.36. The van der Waals surface area contributed by atoms with E-state index in [0.717, 1.165) is 0 Å². The molecule has 0 aliphatic rings. The van der Waals surface area contributed by atoms with Gasteiger partial charge >= 0.3 is 0 Å². The molecule has 0 bridgehead atoms. The van der Waals surface area contributed by atoms with Crippen LogP contribution in [0.15, 0.2) is 34.4 Å². The van der Waals surface area contributed by atoms with Crippen LogP contribution in [-0.4, -0.2) is 0 Å². The van der Waals surface area contributed by atoms with E-state index < -0.39 is 0 Å². The molecule has 92 valence electrons. The van der Waals surface area contributed by atoms with Crippen molar-refractivity contribution in [1.82, 2.24) is 0 Å². The van der Waals surface area contributed by atoms with Crippen molar-refractivity contribution in [2.45, 2.75) is 55.4 Å². The Morgan fingerprint density at radius 1 is 0.875 bits per heavy atom. The zero-order chi connectivity index (χ0) is 12.9. The monoisotopic (exact) mass is 220 g/mol. The van der Waals surface area contributed by atoms with Gasteiger partial charge in [-0.3, -0.25) is 0 Å². The number of rotatable bonds is 4. The lowest BCUT2D eigenvalue weighted by Gasteiger charge is -2.24. The second kappa shape index (κ2) is 6.73. The van der Waals surface area contributed by atoms with Crippen LogP contribution in [0.1, 0.15) is 55.4 Å². The summed E-state index contributed by atoms with van der Waals surface area (Å²) in [5.74, 6) is 1.17. The molecule has 16 heavy (non-hydrogen) atoms. The molecule has 0 aromatic carbocycles. The van der Waals surface area contributed by atoms with Crippen LogP contribution in [0, 0.1) is 11.8 Å². The molecule has 0 rings (SSSR count). The number of hydrogen-bond acceptors (Lipinski definition) is 0. The summed E-state index contributed by atoms with van der Waals surface area (Å²) in [6, 6.07) is 0. The molecule has 0 saturated carbocycles. The van der Waals surface area contributed by atoms with E-state index in [-0.39, 0.29) is 0 Å². The van der Waals surface area contributed by atoms with Crippen LogP contribution in [0.3, 0.4) is 0 Å². The smallest absolute Gasteiger partial charge is 0.00159 e. The van der Waals surface area contributed by atoms with Crippen LogP contribution < -0.4 is 0 Å². The molecule has 0 radical (unpaired) electrons. The highest BCUT2D eigenvalue weighted by Crippen LogP contribution is 2.31. The summed E-state index contributed by atoms with van der Waals surface area (Å²) in [6.07, 6.45) is 4.43. The first kappa shape index (κ1) is 15.2. The molecular weight excluding hydrogens is 192 g/mol. The molecule has 0 spiro atoms. The van der Waals surface area contributed by atoms with E-state index in [9.17, 15) is 0 Å². The van der Waals surface area contributed by atoms with Gasteiger partial charge in [0, 0.05) is 0 Å². The average Bonchev–Trinajstić information content (AvgIpc) is 2.26. The molecule has 1 atom stereocenters. The van der Waals surface area contributed by atoms with E-state index in [4.69, 9.17) is 0 Å². The van der Waals surface area contributed by atoms with Gasteiger partial charge in [-0.05, 0) is 52.0 Å². The molecule has 0 aliphatic carbocycles. The van der Waals surface area contributed by atoms with Crippen molar-refractivity contribution in [1.29, 1.82) is 0 Å². The normalized spacial score (nSPS) is 17.6. The number of hydrogen-bond donors (Lipinski definition) is 0. The molecule has 0 heteroatoms. The molecule has 0 aromatic heterocycles. The van der Waals surface area contributed by atoms with Gasteiger partial charge in [0.2, 0.25) is 0 Å². The SMILES string of the molecule is CC=C(C)C(C)=C(C(C)C)C(C)C(C)=CC. The van der Waals surface area contributed by atoms with Crippen LogP contribution in [0.5, 0.6) is 0 Å². The summed E-state index contributed by atoms with van der Waals surface area (Å²) in [4.78, 5) is 0. The maximum atomic E-state index is 2.32. The molecule has 0 N–H and O–H groups in total. The standard InChI is InChI=1S/C16H28/c1-9-12(5)14(7)16(11(3)4)15(8)13(6)10-2/h9-11,14H,1-8H3. The van der Waals surface area contributed by atoms with Crippen molar-refractivity contribution in [3.05, 3.63) is 34.4 Å². The minimum absolute atomic E-state index is 0.555. The largest absolute Gasteiger partial charge is 0.0881 e. The summed E-state index contributed by atoms with van der Waals surface area (Å²) in [7, 11) is 0. The first-order valence-electron chi connectivity index (χ1n) is 6.33. The van der Waals surface area contributed by atoms with E-state index >= 15 is 0 Å². The summed E-state index contributed by atoms with van der Waals surface area (Å²) < 4.78 is 0. The Bertz CT molecular complexity index is 311.